The third-order valence-electron chi connectivity index (χ3n) is 3.33. The second-order valence-corrected chi connectivity index (χ2v) is 5.09. The summed E-state index contributed by atoms with van der Waals surface area (Å²) in [7, 11) is 1.78. The first-order valence-corrected chi connectivity index (χ1v) is 6.53. The number of nitriles is 1. The van der Waals surface area contributed by atoms with Crippen LogP contribution in [0, 0.1) is 11.3 Å². The van der Waals surface area contributed by atoms with Crippen molar-refractivity contribution in [3.63, 3.8) is 0 Å². The van der Waals surface area contributed by atoms with Crippen molar-refractivity contribution in [2.45, 2.75) is 0 Å². The zero-order valence-corrected chi connectivity index (χ0v) is 11.9. The average molecular weight is 300 g/mol. The predicted octanol–water partition coefficient (Wildman–Crippen LogP) is 1.74. The van der Waals surface area contributed by atoms with Crippen molar-refractivity contribution >= 4 is 34.3 Å². The second kappa shape index (κ2) is 4.65. The Hall–Kier alpha value is -2.78. The van der Waals surface area contributed by atoms with Crippen LogP contribution in [0.25, 0.3) is 22.2 Å². The zero-order valence-electron chi connectivity index (χ0n) is 11.2. The first-order chi connectivity index (χ1) is 10.0. The highest BCUT2D eigenvalue weighted by atomic mass is 35.5. The molecule has 0 amide bonds. The van der Waals surface area contributed by atoms with Crippen LogP contribution in [0.4, 0.5) is 11.6 Å². The van der Waals surface area contributed by atoms with Gasteiger partial charge in [0.15, 0.2) is 5.82 Å². The van der Waals surface area contributed by atoms with Gasteiger partial charge in [0.05, 0.1) is 0 Å². The van der Waals surface area contributed by atoms with E-state index >= 15 is 0 Å². The number of rotatable bonds is 1. The fourth-order valence-corrected chi connectivity index (χ4v) is 2.52. The predicted molar refractivity (Wildman–Crippen MR) is 81.3 cm³/mol. The molecular weight excluding hydrogens is 288 g/mol. The smallest absolute Gasteiger partial charge is 0.355 e. The normalized spacial score (nSPS) is 10.7. The van der Waals surface area contributed by atoms with E-state index in [1.165, 1.54) is 0 Å². The fourth-order valence-electron chi connectivity index (χ4n) is 2.40. The number of fused-ring (bicyclic) bond motifs is 1. The summed E-state index contributed by atoms with van der Waals surface area (Å²) in [5.74, 6) is 0.603. The van der Waals surface area contributed by atoms with Crippen molar-refractivity contribution in [3.05, 3.63) is 34.9 Å². The minimum Gasteiger partial charge on any atom is -0.382 e. The number of hydrogen-bond acceptors (Lipinski definition) is 4. The third-order valence-corrected chi connectivity index (χ3v) is 3.58. The summed E-state index contributed by atoms with van der Waals surface area (Å²) in [6.07, 6.45) is 0. The summed E-state index contributed by atoms with van der Waals surface area (Å²) in [5, 5.41) is 13.7. The van der Waals surface area contributed by atoms with Gasteiger partial charge in [0.2, 0.25) is 0 Å². The molecule has 0 fully saturated rings. The summed E-state index contributed by atoms with van der Waals surface area (Å²) >= 11 is 5.92. The number of halogens is 1. The molecule has 2 heterocycles. The Balaban J connectivity index is 2.49. The van der Waals surface area contributed by atoms with Gasteiger partial charge in [0, 0.05) is 10.6 Å². The van der Waals surface area contributed by atoms with Crippen LogP contribution in [-0.4, -0.2) is 10.1 Å². The highest BCUT2D eigenvalue weighted by molar-refractivity contribution is 6.30. The second-order valence-electron chi connectivity index (χ2n) is 4.65. The van der Waals surface area contributed by atoms with Gasteiger partial charge in [-0.25, -0.2) is 5.10 Å². The van der Waals surface area contributed by atoms with E-state index in [1.54, 1.807) is 23.9 Å². The van der Waals surface area contributed by atoms with Crippen molar-refractivity contribution in [1.82, 2.24) is 10.1 Å². The number of H-pyrrole nitrogens is 1. The molecule has 21 heavy (non-hydrogen) atoms. The number of aryl methyl sites for hydroxylation is 1. The number of nitrogen functional groups attached to an aromatic ring is 2. The van der Waals surface area contributed by atoms with Gasteiger partial charge >= 0.3 is 5.65 Å². The Labute approximate surface area is 125 Å². The molecule has 1 aromatic carbocycles. The van der Waals surface area contributed by atoms with E-state index in [9.17, 15) is 5.26 Å². The number of aromatic nitrogens is 3. The maximum atomic E-state index is 9.42. The van der Waals surface area contributed by atoms with Crippen LogP contribution in [0.5, 0.6) is 0 Å². The number of benzene rings is 1. The largest absolute Gasteiger partial charge is 0.382 e. The number of aromatic amines is 1. The van der Waals surface area contributed by atoms with Crippen LogP contribution in [-0.2, 0) is 7.05 Å². The van der Waals surface area contributed by atoms with E-state index in [-0.39, 0.29) is 5.82 Å². The first-order valence-electron chi connectivity index (χ1n) is 6.15. The van der Waals surface area contributed by atoms with E-state index < -0.39 is 0 Å². The van der Waals surface area contributed by atoms with Gasteiger partial charge in [-0.15, -0.1) is 0 Å². The molecule has 2 aromatic heterocycles. The lowest BCUT2D eigenvalue weighted by Crippen LogP contribution is -2.31. The van der Waals surface area contributed by atoms with Gasteiger partial charge in [-0.05, 0) is 22.7 Å². The average Bonchev–Trinajstić information content (AvgIpc) is 2.73. The quantitative estimate of drug-likeness (QED) is 0.595. The number of pyridine rings is 1. The van der Waals surface area contributed by atoms with Crippen molar-refractivity contribution in [2.24, 2.45) is 7.05 Å². The maximum Gasteiger partial charge on any atom is 0.355 e. The van der Waals surface area contributed by atoms with Gasteiger partial charge in [-0.3, -0.25) is 0 Å². The molecule has 0 radical (unpaired) electrons. The summed E-state index contributed by atoms with van der Waals surface area (Å²) in [5.41, 5.74) is 14.3. The van der Waals surface area contributed by atoms with Gasteiger partial charge in [0.25, 0.3) is 5.82 Å². The highest BCUT2D eigenvalue weighted by Gasteiger charge is 2.26. The van der Waals surface area contributed by atoms with Crippen LogP contribution in [0.1, 0.15) is 5.56 Å². The monoisotopic (exact) mass is 299 g/mol. The van der Waals surface area contributed by atoms with Crippen LogP contribution in [0.3, 0.4) is 0 Å². The zero-order chi connectivity index (χ0) is 15.1. The molecule has 3 rings (SSSR count). The van der Waals surface area contributed by atoms with Crippen molar-refractivity contribution in [2.75, 3.05) is 11.5 Å². The molecule has 0 saturated carbocycles. The number of nitrogens with two attached hydrogens (primary N) is 2. The standard InChI is InChI=1S/C14H11ClN6/c1-21-14-11(13(18)20-21)10(9(6-16)12(17)19-14)7-2-4-8(15)5-3-7/h2-5H,1H3,(H4,17,18,19,20)/p+1. The molecule has 3 aromatic rings. The lowest BCUT2D eigenvalue weighted by atomic mass is 9.98. The van der Waals surface area contributed by atoms with Crippen LogP contribution in [0.2, 0.25) is 5.02 Å². The first kappa shape index (κ1) is 13.2. The van der Waals surface area contributed by atoms with Crippen molar-refractivity contribution in [3.8, 4) is 17.2 Å². The minimum atomic E-state index is 0.171. The molecule has 0 saturated heterocycles. The molecule has 0 unspecified atom stereocenters. The van der Waals surface area contributed by atoms with E-state index in [1.807, 2.05) is 12.1 Å². The molecule has 0 aliphatic heterocycles. The topological polar surface area (TPSA) is 108 Å². The minimum absolute atomic E-state index is 0.171. The van der Waals surface area contributed by atoms with Crippen LogP contribution >= 0.6 is 11.6 Å². The fraction of sp³-hybridized carbons (Fsp3) is 0.0714. The number of hydrogen-bond donors (Lipinski definition) is 3. The third kappa shape index (κ3) is 1.95. The lowest BCUT2D eigenvalue weighted by Gasteiger charge is -2.05. The Bertz CT molecular complexity index is 889. The number of anilines is 2. The molecule has 0 atom stereocenters. The molecule has 7 heteroatoms. The van der Waals surface area contributed by atoms with Gasteiger partial charge < -0.3 is 11.5 Å². The van der Waals surface area contributed by atoms with E-state index in [4.69, 9.17) is 23.1 Å². The van der Waals surface area contributed by atoms with E-state index in [0.29, 0.717) is 33.0 Å². The summed E-state index contributed by atoms with van der Waals surface area (Å²) in [6.45, 7) is 0. The molecule has 0 spiro atoms. The van der Waals surface area contributed by atoms with Crippen LogP contribution in [0.15, 0.2) is 24.3 Å². The highest BCUT2D eigenvalue weighted by Crippen LogP contribution is 2.35. The Morgan fingerprint density at radius 2 is 1.95 bits per heavy atom. The van der Waals surface area contributed by atoms with Gasteiger partial charge in [-0.1, -0.05) is 23.7 Å². The molecule has 0 bridgehead atoms. The van der Waals surface area contributed by atoms with Crippen molar-refractivity contribution < 1.29 is 4.68 Å². The van der Waals surface area contributed by atoms with Gasteiger partial charge in [0.1, 0.15) is 24.1 Å². The molecule has 6 nitrogen and oxygen atoms in total. The number of nitrogens with one attached hydrogen (secondary N) is 1. The van der Waals surface area contributed by atoms with E-state index in [2.05, 4.69) is 16.2 Å². The van der Waals surface area contributed by atoms with Crippen LogP contribution < -0.4 is 16.1 Å². The Morgan fingerprint density at radius 3 is 2.57 bits per heavy atom. The maximum absolute atomic E-state index is 9.42. The SMILES string of the molecule is C[n+]1[nH]c(N)c2c(-c3ccc(Cl)cc3)c(C#N)c(N)nc21. The van der Waals surface area contributed by atoms with Crippen molar-refractivity contribution in [1.29, 1.82) is 5.26 Å². The lowest BCUT2D eigenvalue weighted by molar-refractivity contribution is -0.703. The number of nitrogens with zero attached hydrogens (tertiary/aromatic N) is 3. The summed E-state index contributed by atoms with van der Waals surface area (Å²) < 4.78 is 1.67. The molecular formula is C14H12ClN6+. The van der Waals surface area contributed by atoms with E-state index in [0.717, 1.165) is 5.56 Å². The Kier molecular flexibility index (Phi) is 2.92. The summed E-state index contributed by atoms with van der Waals surface area (Å²) in [6, 6.07) is 9.26. The summed E-state index contributed by atoms with van der Waals surface area (Å²) in [4.78, 5) is 4.25. The molecule has 0 aliphatic rings. The molecule has 104 valence electrons. The molecule has 5 N–H and O–H groups in total. The molecule has 0 aliphatic carbocycles. The Morgan fingerprint density at radius 1 is 1.29 bits per heavy atom. The van der Waals surface area contributed by atoms with Gasteiger partial charge in [-0.2, -0.15) is 9.94 Å².